The Labute approximate surface area is 145 Å². The fourth-order valence-electron chi connectivity index (χ4n) is 2.57. The number of ether oxygens (including phenoxy) is 1. The quantitative estimate of drug-likeness (QED) is 0.840. The molecule has 2 atom stereocenters. The molecule has 2 rings (SSSR count). The topological polar surface area (TPSA) is 38.3 Å². The van der Waals surface area contributed by atoms with Crippen molar-refractivity contribution >= 4 is 5.91 Å². The fraction of sp³-hybridized carbons (Fsp3) is 0.381. The van der Waals surface area contributed by atoms with Crippen LogP contribution in [0, 0.1) is 20.8 Å². The van der Waals surface area contributed by atoms with Gasteiger partial charge < -0.3 is 10.1 Å². The Balaban J connectivity index is 2.02. The maximum Gasteiger partial charge on any atom is 0.261 e. The average molecular weight is 325 g/mol. The monoisotopic (exact) mass is 325 g/mol. The van der Waals surface area contributed by atoms with Gasteiger partial charge in [0, 0.05) is 0 Å². The predicted octanol–water partition coefficient (Wildman–Crippen LogP) is 4.65. The Morgan fingerprint density at radius 2 is 1.71 bits per heavy atom. The van der Waals surface area contributed by atoms with Gasteiger partial charge in [0.25, 0.3) is 5.91 Å². The zero-order valence-corrected chi connectivity index (χ0v) is 15.2. The molecule has 0 unspecified atom stereocenters. The van der Waals surface area contributed by atoms with E-state index < -0.39 is 6.10 Å². The molecular formula is C21H27NO2. The lowest BCUT2D eigenvalue weighted by atomic mass is 9.99. The van der Waals surface area contributed by atoms with Gasteiger partial charge in [-0.05, 0) is 62.9 Å². The van der Waals surface area contributed by atoms with Crippen molar-refractivity contribution in [3.8, 4) is 5.75 Å². The van der Waals surface area contributed by atoms with E-state index in [1.54, 1.807) is 6.92 Å². The molecule has 3 heteroatoms. The number of nitrogens with one attached hydrogen (secondary N) is 1. The van der Waals surface area contributed by atoms with Crippen molar-refractivity contribution < 1.29 is 9.53 Å². The Kier molecular flexibility index (Phi) is 6.02. The van der Waals surface area contributed by atoms with Gasteiger partial charge >= 0.3 is 0 Å². The van der Waals surface area contributed by atoms with Crippen LogP contribution >= 0.6 is 0 Å². The molecule has 0 fully saturated rings. The van der Waals surface area contributed by atoms with Gasteiger partial charge in [-0.3, -0.25) is 4.79 Å². The van der Waals surface area contributed by atoms with Crippen LogP contribution in [0.1, 0.15) is 48.6 Å². The van der Waals surface area contributed by atoms with Crippen LogP contribution < -0.4 is 10.1 Å². The van der Waals surface area contributed by atoms with Crippen LogP contribution in [-0.2, 0) is 4.79 Å². The van der Waals surface area contributed by atoms with Crippen molar-refractivity contribution in [1.82, 2.24) is 5.32 Å². The Hall–Kier alpha value is -2.29. The molecule has 128 valence electrons. The summed E-state index contributed by atoms with van der Waals surface area (Å²) in [6.07, 6.45) is 0.305. The summed E-state index contributed by atoms with van der Waals surface area (Å²) in [6, 6.07) is 14.1. The molecule has 0 heterocycles. The third kappa shape index (κ3) is 4.60. The van der Waals surface area contributed by atoms with E-state index in [1.807, 2.05) is 31.2 Å². The largest absolute Gasteiger partial charge is 0.481 e. The number of amides is 1. The molecule has 0 bridgehead atoms. The SMILES string of the molecule is CC[C@@H](NC(=O)[C@@H](C)Oc1ccc(C)cc1)c1ccc(C)c(C)c1. The number of aryl methyl sites for hydroxylation is 3. The summed E-state index contributed by atoms with van der Waals surface area (Å²) in [5, 5.41) is 3.10. The van der Waals surface area contributed by atoms with E-state index in [0.717, 1.165) is 12.0 Å². The Morgan fingerprint density at radius 3 is 2.29 bits per heavy atom. The smallest absolute Gasteiger partial charge is 0.261 e. The standard InChI is InChI=1S/C21H27NO2/c1-6-20(18-10-9-15(3)16(4)13-18)22-21(23)17(5)24-19-11-7-14(2)8-12-19/h7-13,17,20H,6H2,1-5H3,(H,22,23)/t17-,20-/m1/s1. The molecule has 0 aliphatic heterocycles. The zero-order chi connectivity index (χ0) is 17.7. The van der Waals surface area contributed by atoms with Crippen LogP contribution in [0.5, 0.6) is 5.75 Å². The molecule has 1 N–H and O–H groups in total. The van der Waals surface area contributed by atoms with Crippen molar-refractivity contribution in [2.45, 2.75) is 53.2 Å². The highest BCUT2D eigenvalue weighted by molar-refractivity contribution is 5.81. The molecular weight excluding hydrogens is 298 g/mol. The highest BCUT2D eigenvalue weighted by atomic mass is 16.5. The number of hydrogen-bond acceptors (Lipinski definition) is 2. The van der Waals surface area contributed by atoms with Crippen molar-refractivity contribution in [1.29, 1.82) is 0 Å². The first-order valence-electron chi connectivity index (χ1n) is 8.51. The first kappa shape index (κ1) is 18.1. The number of hydrogen-bond donors (Lipinski definition) is 1. The van der Waals surface area contributed by atoms with Crippen LogP contribution in [0.2, 0.25) is 0 Å². The molecule has 0 aliphatic rings. The first-order valence-corrected chi connectivity index (χ1v) is 8.51. The zero-order valence-electron chi connectivity index (χ0n) is 15.2. The van der Waals surface area contributed by atoms with E-state index in [9.17, 15) is 4.79 Å². The van der Waals surface area contributed by atoms with Crippen molar-refractivity contribution in [3.05, 3.63) is 64.7 Å². The lowest BCUT2D eigenvalue weighted by Gasteiger charge is -2.21. The van der Waals surface area contributed by atoms with E-state index in [2.05, 4.69) is 44.3 Å². The van der Waals surface area contributed by atoms with Crippen LogP contribution in [0.3, 0.4) is 0 Å². The summed E-state index contributed by atoms with van der Waals surface area (Å²) in [4.78, 5) is 12.5. The van der Waals surface area contributed by atoms with Crippen LogP contribution in [0.15, 0.2) is 42.5 Å². The molecule has 2 aromatic carbocycles. The van der Waals surface area contributed by atoms with Crippen LogP contribution in [0.25, 0.3) is 0 Å². The Bertz CT molecular complexity index is 691. The van der Waals surface area contributed by atoms with E-state index in [1.165, 1.54) is 16.7 Å². The van der Waals surface area contributed by atoms with E-state index >= 15 is 0 Å². The number of benzene rings is 2. The summed E-state index contributed by atoms with van der Waals surface area (Å²) in [5.74, 6) is 0.614. The highest BCUT2D eigenvalue weighted by Crippen LogP contribution is 2.20. The van der Waals surface area contributed by atoms with E-state index in [4.69, 9.17) is 4.74 Å². The highest BCUT2D eigenvalue weighted by Gasteiger charge is 2.19. The van der Waals surface area contributed by atoms with Gasteiger partial charge in [0.1, 0.15) is 5.75 Å². The molecule has 0 spiro atoms. The molecule has 2 aromatic rings. The van der Waals surface area contributed by atoms with Gasteiger partial charge in [0.05, 0.1) is 6.04 Å². The average Bonchev–Trinajstić information content (AvgIpc) is 2.57. The normalized spacial score (nSPS) is 13.2. The number of rotatable bonds is 6. The maximum atomic E-state index is 12.5. The minimum Gasteiger partial charge on any atom is -0.481 e. The minimum atomic E-state index is -0.534. The first-order chi connectivity index (χ1) is 11.4. The van der Waals surface area contributed by atoms with E-state index in [0.29, 0.717) is 5.75 Å². The maximum absolute atomic E-state index is 12.5. The van der Waals surface area contributed by atoms with Crippen molar-refractivity contribution in [3.63, 3.8) is 0 Å². The summed E-state index contributed by atoms with van der Waals surface area (Å²) in [7, 11) is 0. The van der Waals surface area contributed by atoms with Gasteiger partial charge in [0.2, 0.25) is 0 Å². The molecule has 0 radical (unpaired) electrons. The van der Waals surface area contributed by atoms with Crippen molar-refractivity contribution in [2.75, 3.05) is 0 Å². The van der Waals surface area contributed by atoms with Gasteiger partial charge in [-0.25, -0.2) is 0 Å². The second kappa shape index (κ2) is 8.00. The molecule has 0 aliphatic carbocycles. The molecule has 1 amide bonds. The third-order valence-corrected chi connectivity index (χ3v) is 4.36. The minimum absolute atomic E-state index is 0.000804. The number of carbonyl (C=O) groups is 1. The second-order valence-corrected chi connectivity index (χ2v) is 6.39. The fourth-order valence-corrected chi connectivity index (χ4v) is 2.57. The van der Waals surface area contributed by atoms with Gasteiger partial charge in [0.15, 0.2) is 6.10 Å². The van der Waals surface area contributed by atoms with Gasteiger partial charge in [-0.2, -0.15) is 0 Å². The van der Waals surface area contributed by atoms with Crippen LogP contribution in [0.4, 0.5) is 0 Å². The second-order valence-electron chi connectivity index (χ2n) is 6.39. The van der Waals surface area contributed by atoms with Gasteiger partial charge in [-0.15, -0.1) is 0 Å². The third-order valence-electron chi connectivity index (χ3n) is 4.36. The molecule has 24 heavy (non-hydrogen) atoms. The summed E-state index contributed by atoms with van der Waals surface area (Å²) < 4.78 is 5.74. The molecule has 0 saturated heterocycles. The summed E-state index contributed by atoms with van der Waals surface area (Å²) in [6.45, 7) is 10.1. The summed E-state index contributed by atoms with van der Waals surface area (Å²) >= 11 is 0. The van der Waals surface area contributed by atoms with Crippen LogP contribution in [-0.4, -0.2) is 12.0 Å². The van der Waals surface area contributed by atoms with E-state index in [-0.39, 0.29) is 11.9 Å². The molecule has 3 nitrogen and oxygen atoms in total. The summed E-state index contributed by atoms with van der Waals surface area (Å²) in [5.41, 5.74) is 4.80. The van der Waals surface area contributed by atoms with Gasteiger partial charge in [-0.1, -0.05) is 42.8 Å². The Morgan fingerprint density at radius 1 is 1.04 bits per heavy atom. The van der Waals surface area contributed by atoms with Crippen molar-refractivity contribution in [2.24, 2.45) is 0 Å². The molecule has 0 aromatic heterocycles. The predicted molar refractivity (Wildman–Crippen MR) is 98.4 cm³/mol. The lowest BCUT2D eigenvalue weighted by Crippen LogP contribution is -2.38. The lowest BCUT2D eigenvalue weighted by molar-refractivity contribution is -0.128. The number of carbonyl (C=O) groups excluding carboxylic acids is 1. The molecule has 0 saturated carbocycles.